The maximum atomic E-state index is 11.7. The van der Waals surface area contributed by atoms with Crippen molar-refractivity contribution in [1.29, 1.82) is 0 Å². The standard InChI is InChI=1S/C40H44N2O6S3/c1-39(2)32-17-8-10-19-34(32)41(25-27-49-48-47-43)36(39)23-21-29-13-12-14-30(38(29)50-31-15-6-5-7-16-31)22-24-37-40(3,4)33-18-9-11-20-35(33)42(37)26-28-51(44,45)46/h5-11,15-24H,12-14,25-28H2,1-4H3,(H-,43,44,45,46)/p-1. The molecule has 0 saturated carbocycles. The van der Waals surface area contributed by atoms with Crippen molar-refractivity contribution < 1.29 is 32.2 Å². The van der Waals surface area contributed by atoms with E-state index < -0.39 is 15.9 Å². The first-order valence-electron chi connectivity index (χ1n) is 17.1. The molecule has 0 fully saturated rings. The Kier molecular flexibility index (Phi) is 11.5. The Morgan fingerprint density at radius 2 is 1.59 bits per heavy atom. The Labute approximate surface area is 310 Å². The first-order valence-corrected chi connectivity index (χ1v) is 20.4. The van der Waals surface area contributed by atoms with E-state index in [1.165, 1.54) is 21.6 Å². The van der Waals surface area contributed by atoms with Crippen LogP contribution in [-0.2, 0) is 30.3 Å². The highest BCUT2D eigenvalue weighted by Crippen LogP contribution is 2.48. The second-order valence-electron chi connectivity index (χ2n) is 13.9. The lowest BCUT2D eigenvalue weighted by Gasteiger charge is -2.27. The van der Waals surface area contributed by atoms with Crippen LogP contribution >= 0.6 is 23.8 Å². The predicted molar refractivity (Wildman–Crippen MR) is 204 cm³/mol. The molecule has 0 radical (unpaired) electrons. The first kappa shape index (κ1) is 37.3. The van der Waals surface area contributed by atoms with Crippen LogP contribution in [-0.4, -0.2) is 47.9 Å². The quantitative estimate of drug-likeness (QED) is 0.0432. The highest BCUT2D eigenvalue weighted by atomic mass is 32.2. The van der Waals surface area contributed by atoms with Crippen LogP contribution < -0.4 is 10.2 Å². The number of hydrogen-bond donors (Lipinski definition) is 0. The van der Waals surface area contributed by atoms with Gasteiger partial charge in [0.2, 0.25) is 5.69 Å². The molecule has 3 aliphatic rings. The molecule has 0 N–H and O–H groups in total. The topological polar surface area (TPSA) is 105 Å². The second kappa shape index (κ2) is 15.7. The molecular weight excluding hydrogens is 701 g/mol. The Balaban J connectivity index is 1.42. The lowest BCUT2D eigenvalue weighted by Crippen LogP contribution is -2.29. The lowest BCUT2D eigenvalue weighted by molar-refractivity contribution is -0.777. The van der Waals surface area contributed by atoms with Crippen molar-refractivity contribution in [3.63, 3.8) is 0 Å². The van der Waals surface area contributed by atoms with Crippen molar-refractivity contribution in [3.05, 3.63) is 136 Å². The van der Waals surface area contributed by atoms with E-state index in [4.69, 9.17) is 0 Å². The molecule has 51 heavy (non-hydrogen) atoms. The number of allylic oxidation sites excluding steroid dienone is 7. The molecule has 8 nitrogen and oxygen atoms in total. The first-order chi connectivity index (χ1) is 24.4. The molecule has 0 unspecified atom stereocenters. The van der Waals surface area contributed by atoms with Crippen molar-refractivity contribution in [2.75, 3.05) is 29.5 Å². The summed E-state index contributed by atoms with van der Waals surface area (Å²) in [4.78, 5) is 4.66. The molecule has 0 spiro atoms. The smallest absolute Gasteiger partial charge is 0.209 e. The van der Waals surface area contributed by atoms with Gasteiger partial charge >= 0.3 is 0 Å². The zero-order valence-electron chi connectivity index (χ0n) is 29.3. The Morgan fingerprint density at radius 1 is 0.882 bits per heavy atom. The predicted octanol–water partition coefficient (Wildman–Crippen LogP) is 7.87. The van der Waals surface area contributed by atoms with Crippen molar-refractivity contribution in [1.82, 2.24) is 0 Å². The van der Waals surface area contributed by atoms with Crippen LogP contribution in [0.1, 0.15) is 58.1 Å². The van der Waals surface area contributed by atoms with Gasteiger partial charge < -0.3 is 14.7 Å². The third kappa shape index (κ3) is 8.15. The number of anilines is 1. The molecule has 0 aromatic heterocycles. The van der Waals surface area contributed by atoms with E-state index in [1.807, 2.05) is 34.9 Å². The molecule has 0 saturated heterocycles. The third-order valence-electron chi connectivity index (χ3n) is 9.96. The van der Waals surface area contributed by atoms with Crippen LogP contribution in [0.2, 0.25) is 0 Å². The van der Waals surface area contributed by atoms with Gasteiger partial charge in [-0.2, -0.15) is 8.91 Å². The number of nitrogens with zero attached hydrogens (tertiary/aromatic N) is 2. The maximum absolute atomic E-state index is 11.7. The molecule has 11 heteroatoms. The average molecular weight is 744 g/mol. The summed E-state index contributed by atoms with van der Waals surface area (Å²) in [7, 11) is -4.40. The van der Waals surface area contributed by atoms with E-state index in [1.54, 1.807) is 11.8 Å². The number of hydrogen-bond acceptors (Lipinski definition) is 9. The van der Waals surface area contributed by atoms with Gasteiger partial charge in [0.05, 0.1) is 11.2 Å². The summed E-state index contributed by atoms with van der Waals surface area (Å²) in [5.41, 5.74) is 8.38. The minimum Gasteiger partial charge on any atom is -0.748 e. The Hall–Kier alpha value is -3.42. The molecule has 2 aliphatic heterocycles. The summed E-state index contributed by atoms with van der Waals surface area (Å²) in [5, 5.41) is 14.0. The van der Waals surface area contributed by atoms with Crippen molar-refractivity contribution in [2.45, 2.75) is 62.7 Å². The monoisotopic (exact) mass is 743 g/mol. The zero-order chi connectivity index (χ0) is 36.2. The normalized spacial score (nSPS) is 19.8. The van der Waals surface area contributed by atoms with Crippen LogP contribution in [0.15, 0.2) is 130 Å². The van der Waals surface area contributed by atoms with E-state index in [0.717, 1.165) is 64.5 Å². The molecule has 0 bridgehead atoms. The van der Waals surface area contributed by atoms with Crippen LogP contribution in [0.4, 0.5) is 11.4 Å². The van der Waals surface area contributed by atoms with E-state index in [0.29, 0.717) is 12.3 Å². The highest BCUT2D eigenvalue weighted by molar-refractivity contribution is 8.03. The molecule has 3 aromatic rings. The molecule has 0 atom stereocenters. The fraction of sp³-hybridized carbons (Fsp3) is 0.325. The SMILES string of the molecule is CC1(C)C(/C=C/C2=C(Sc3ccccc3)C(=C/C=C3/N(CCSOO[O-])c4ccccc4C3(C)C)/CCC2)=[N+](CCS(=O)(=O)[O-])c2ccccc21. The Morgan fingerprint density at radius 3 is 2.33 bits per heavy atom. The average Bonchev–Trinajstić information content (AvgIpc) is 3.46. The van der Waals surface area contributed by atoms with Crippen LogP contribution in [0, 0.1) is 0 Å². The zero-order valence-corrected chi connectivity index (χ0v) is 31.8. The Bertz CT molecular complexity index is 2030. The molecule has 0 amide bonds. The van der Waals surface area contributed by atoms with Gasteiger partial charge in [-0.3, -0.25) is 5.04 Å². The van der Waals surface area contributed by atoms with Crippen molar-refractivity contribution in [2.24, 2.45) is 0 Å². The lowest BCUT2D eigenvalue weighted by atomic mass is 9.81. The number of fused-ring (bicyclic) bond motifs is 2. The molecular formula is C40H43N2O6S3-. The van der Waals surface area contributed by atoms with Crippen LogP contribution in [0.3, 0.4) is 0 Å². The van der Waals surface area contributed by atoms with E-state index >= 15 is 0 Å². The van der Waals surface area contributed by atoms with E-state index in [9.17, 15) is 18.2 Å². The minimum absolute atomic E-state index is 0.0958. The molecule has 2 heterocycles. The van der Waals surface area contributed by atoms with Gasteiger partial charge in [-0.15, -0.1) is 0 Å². The summed E-state index contributed by atoms with van der Waals surface area (Å²) < 4.78 is 41.8. The molecule has 268 valence electrons. The maximum Gasteiger partial charge on any atom is 0.209 e. The second-order valence-corrected chi connectivity index (χ2v) is 17.3. The fourth-order valence-electron chi connectivity index (χ4n) is 7.47. The van der Waals surface area contributed by atoms with Gasteiger partial charge in [0, 0.05) is 68.6 Å². The van der Waals surface area contributed by atoms with Gasteiger partial charge in [-0.25, -0.2) is 8.42 Å². The summed E-state index contributed by atoms with van der Waals surface area (Å²) >= 11 is 2.76. The third-order valence-corrected chi connectivity index (χ3v) is 12.4. The fourth-order valence-corrected chi connectivity index (χ4v) is 9.37. The van der Waals surface area contributed by atoms with E-state index in [2.05, 4.69) is 115 Å². The van der Waals surface area contributed by atoms with Crippen LogP contribution in [0.25, 0.3) is 0 Å². The minimum atomic E-state index is -4.40. The summed E-state index contributed by atoms with van der Waals surface area (Å²) in [6.07, 6.45) is 11.7. The number of rotatable bonds is 13. The van der Waals surface area contributed by atoms with Crippen molar-refractivity contribution in [3.8, 4) is 0 Å². The highest BCUT2D eigenvalue weighted by Gasteiger charge is 2.44. The van der Waals surface area contributed by atoms with Gasteiger partial charge in [0.25, 0.3) is 0 Å². The number of para-hydroxylation sites is 2. The molecule has 3 aromatic carbocycles. The van der Waals surface area contributed by atoms with E-state index in [-0.39, 0.29) is 17.4 Å². The molecule has 6 rings (SSSR count). The number of thioether (sulfide) groups is 1. The summed E-state index contributed by atoms with van der Waals surface area (Å²) in [5.74, 6) is 0.0742. The van der Waals surface area contributed by atoms with Crippen molar-refractivity contribution >= 4 is 51.0 Å². The van der Waals surface area contributed by atoms with Gasteiger partial charge in [-0.1, -0.05) is 92.4 Å². The van der Waals surface area contributed by atoms with Gasteiger partial charge in [0.1, 0.15) is 10.1 Å². The van der Waals surface area contributed by atoms with Gasteiger partial charge in [0.15, 0.2) is 12.3 Å². The summed E-state index contributed by atoms with van der Waals surface area (Å²) in [6.45, 7) is 9.52. The molecule has 1 aliphatic carbocycles. The van der Waals surface area contributed by atoms with Gasteiger partial charge in [-0.05, 0) is 74.1 Å². The summed E-state index contributed by atoms with van der Waals surface area (Å²) in [6, 6.07) is 26.8. The number of benzene rings is 3. The largest absolute Gasteiger partial charge is 0.748 e. The van der Waals surface area contributed by atoms with Crippen LogP contribution in [0.5, 0.6) is 0 Å².